The first-order valence-electron chi connectivity index (χ1n) is 9.77. The van der Waals surface area contributed by atoms with Crippen LogP contribution in [0.2, 0.25) is 0 Å². The van der Waals surface area contributed by atoms with E-state index in [0.29, 0.717) is 53.9 Å². The standard InChI is InChI=1S/C19H18FN7O3S2/c20-14-3-1-2-13(8-14)18-24-27-17(28)9-15(23-19(27)31-18)11-25-4-6-26(7-5-25)32(29,30)16-10-21-12-22-16/h1-3,8-10,12H,4-7,11H2,(H,21,22). The number of nitrogens with zero attached hydrogens (tertiary/aromatic N) is 6. The van der Waals surface area contributed by atoms with E-state index in [0.717, 1.165) is 0 Å². The van der Waals surface area contributed by atoms with E-state index in [9.17, 15) is 17.6 Å². The number of H-pyrrole nitrogens is 1. The summed E-state index contributed by atoms with van der Waals surface area (Å²) in [5.74, 6) is -0.378. The molecular formula is C19H18FN7O3S2. The lowest BCUT2D eigenvalue weighted by Crippen LogP contribution is -2.48. The zero-order valence-corrected chi connectivity index (χ0v) is 18.3. The third-order valence-electron chi connectivity index (χ3n) is 5.18. The second kappa shape index (κ2) is 8.16. The molecule has 1 aliphatic rings. The number of aromatic amines is 1. The molecule has 4 heterocycles. The average molecular weight is 476 g/mol. The van der Waals surface area contributed by atoms with Gasteiger partial charge in [-0.1, -0.05) is 23.5 Å². The molecule has 0 aliphatic carbocycles. The molecule has 0 saturated carbocycles. The maximum absolute atomic E-state index is 13.5. The van der Waals surface area contributed by atoms with Crippen LogP contribution in [0.5, 0.6) is 0 Å². The summed E-state index contributed by atoms with van der Waals surface area (Å²) >= 11 is 1.21. The fourth-order valence-electron chi connectivity index (χ4n) is 3.56. The number of benzene rings is 1. The minimum absolute atomic E-state index is 0.0744. The van der Waals surface area contributed by atoms with E-state index in [1.54, 1.807) is 12.1 Å². The highest BCUT2D eigenvalue weighted by molar-refractivity contribution is 7.89. The lowest BCUT2D eigenvalue weighted by Gasteiger charge is -2.33. The van der Waals surface area contributed by atoms with Crippen LogP contribution in [0.15, 0.2) is 52.7 Å². The molecule has 1 aromatic carbocycles. The number of halogens is 1. The molecule has 3 aromatic heterocycles. The van der Waals surface area contributed by atoms with Gasteiger partial charge < -0.3 is 4.98 Å². The van der Waals surface area contributed by atoms with E-state index in [1.807, 2.05) is 4.90 Å². The van der Waals surface area contributed by atoms with Gasteiger partial charge in [0.25, 0.3) is 15.6 Å². The lowest BCUT2D eigenvalue weighted by atomic mass is 10.2. The maximum Gasteiger partial charge on any atom is 0.275 e. The summed E-state index contributed by atoms with van der Waals surface area (Å²) in [5, 5.41) is 4.85. The van der Waals surface area contributed by atoms with Crippen molar-refractivity contribution in [3.05, 3.63) is 64.7 Å². The van der Waals surface area contributed by atoms with Gasteiger partial charge in [-0.15, -0.1) is 0 Å². The van der Waals surface area contributed by atoms with E-state index in [4.69, 9.17) is 0 Å². The summed E-state index contributed by atoms with van der Waals surface area (Å²) < 4.78 is 41.4. The highest BCUT2D eigenvalue weighted by Gasteiger charge is 2.29. The zero-order chi connectivity index (χ0) is 22.3. The van der Waals surface area contributed by atoms with Crippen molar-refractivity contribution in [1.29, 1.82) is 0 Å². The number of imidazole rings is 1. The molecular weight excluding hydrogens is 457 g/mol. The van der Waals surface area contributed by atoms with Gasteiger partial charge in [-0.25, -0.2) is 22.8 Å². The van der Waals surface area contributed by atoms with E-state index >= 15 is 0 Å². The molecule has 0 spiro atoms. The van der Waals surface area contributed by atoms with Crippen LogP contribution < -0.4 is 5.56 Å². The molecule has 0 unspecified atom stereocenters. The van der Waals surface area contributed by atoms with E-state index in [2.05, 4.69) is 20.1 Å². The van der Waals surface area contributed by atoms with Crippen LogP contribution in [0.3, 0.4) is 0 Å². The first-order valence-corrected chi connectivity index (χ1v) is 12.0. The molecule has 0 amide bonds. The SMILES string of the molecule is O=c1cc(CN2CCN(S(=O)(=O)c3cnc[nH]3)CC2)nc2sc(-c3cccc(F)c3)nn12. The molecule has 5 rings (SSSR count). The van der Waals surface area contributed by atoms with E-state index in [-0.39, 0.29) is 16.4 Å². The van der Waals surface area contributed by atoms with Crippen LogP contribution in [0.1, 0.15) is 5.69 Å². The highest BCUT2D eigenvalue weighted by Crippen LogP contribution is 2.25. The van der Waals surface area contributed by atoms with Crippen LogP contribution in [0, 0.1) is 5.82 Å². The number of hydrogen-bond donors (Lipinski definition) is 1. The van der Waals surface area contributed by atoms with Crippen molar-refractivity contribution in [2.75, 3.05) is 26.2 Å². The van der Waals surface area contributed by atoms with Gasteiger partial charge >= 0.3 is 0 Å². The Morgan fingerprint density at radius 3 is 2.69 bits per heavy atom. The molecule has 1 N–H and O–H groups in total. The van der Waals surface area contributed by atoms with E-state index in [1.165, 1.54) is 50.9 Å². The van der Waals surface area contributed by atoms with Gasteiger partial charge in [0.1, 0.15) is 10.8 Å². The summed E-state index contributed by atoms with van der Waals surface area (Å²) in [5.41, 5.74) is 0.842. The molecule has 13 heteroatoms. The van der Waals surface area contributed by atoms with Gasteiger partial charge in [0.2, 0.25) is 4.96 Å². The molecule has 0 bridgehead atoms. The fraction of sp³-hybridized carbons (Fsp3) is 0.263. The number of sulfonamides is 1. The largest absolute Gasteiger partial charge is 0.335 e. The Balaban J connectivity index is 1.31. The van der Waals surface area contributed by atoms with Crippen LogP contribution >= 0.6 is 11.3 Å². The molecule has 32 heavy (non-hydrogen) atoms. The average Bonchev–Trinajstić information content (AvgIpc) is 3.45. The van der Waals surface area contributed by atoms with Gasteiger partial charge in [0.05, 0.1) is 18.2 Å². The monoisotopic (exact) mass is 475 g/mol. The predicted octanol–water partition coefficient (Wildman–Crippen LogP) is 1.19. The Labute approximate surface area is 186 Å². The number of fused-ring (bicyclic) bond motifs is 1. The Kier molecular flexibility index (Phi) is 5.33. The third-order valence-corrected chi connectivity index (χ3v) is 7.96. The summed E-state index contributed by atoms with van der Waals surface area (Å²) in [6, 6.07) is 7.45. The third kappa shape index (κ3) is 3.95. The van der Waals surface area contributed by atoms with Gasteiger partial charge in [-0.2, -0.15) is 13.9 Å². The molecule has 1 aliphatic heterocycles. The number of nitrogens with one attached hydrogen (secondary N) is 1. The van der Waals surface area contributed by atoms with Crippen molar-refractivity contribution in [1.82, 2.24) is 33.8 Å². The van der Waals surface area contributed by atoms with Gasteiger partial charge in [-0.3, -0.25) is 9.69 Å². The Bertz CT molecular complexity index is 1420. The number of hydrogen-bond acceptors (Lipinski definition) is 8. The minimum atomic E-state index is -3.59. The van der Waals surface area contributed by atoms with E-state index < -0.39 is 10.0 Å². The lowest BCUT2D eigenvalue weighted by molar-refractivity contribution is 0.179. The fourth-order valence-corrected chi connectivity index (χ4v) is 5.79. The van der Waals surface area contributed by atoms with Crippen molar-refractivity contribution in [2.24, 2.45) is 0 Å². The molecule has 1 fully saturated rings. The second-order valence-corrected chi connectivity index (χ2v) is 10.2. The summed E-state index contributed by atoms with van der Waals surface area (Å²) in [6.07, 6.45) is 2.63. The van der Waals surface area contributed by atoms with Crippen LogP contribution in [0.25, 0.3) is 15.5 Å². The second-order valence-electron chi connectivity index (χ2n) is 7.29. The van der Waals surface area contributed by atoms with Crippen molar-refractivity contribution in [3.8, 4) is 10.6 Å². The van der Waals surface area contributed by atoms with Gasteiger partial charge in [-0.05, 0) is 12.1 Å². The normalized spacial score (nSPS) is 16.0. The Hall–Kier alpha value is -3.00. The topological polar surface area (TPSA) is 117 Å². The van der Waals surface area contributed by atoms with Gasteiger partial charge in [0.15, 0.2) is 5.03 Å². The molecule has 4 aromatic rings. The zero-order valence-electron chi connectivity index (χ0n) is 16.7. The maximum atomic E-state index is 13.5. The summed E-state index contributed by atoms with van der Waals surface area (Å²) in [6.45, 7) is 2.08. The predicted molar refractivity (Wildman–Crippen MR) is 115 cm³/mol. The quantitative estimate of drug-likeness (QED) is 0.461. The van der Waals surface area contributed by atoms with Crippen LogP contribution in [0.4, 0.5) is 4.39 Å². The molecule has 0 radical (unpaired) electrons. The molecule has 1 saturated heterocycles. The first kappa shape index (κ1) is 20.9. The van der Waals surface area contributed by atoms with Crippen LogP contribution in [-0.2, 0) is 16.6 Å². The Morgan fingerprint density at radius 2 is 1.97 bits per heavy atom. The molecule has 166 valence electrons. The molecule has 0 atom stereocenters. The van der Waals surface area contributed by atoms with Crippen molar-refractivity contribution in [2.45, 2.75) is 11.6 Å². The summed E-state index contributed by atoms with van der Waals surface area (Å²) in [7, 11) is -3.59. The van der Waals surface area contributed by atoms with Crippen molar-refractivity contribution < 1.29 is 12.8 Å². The summed E-state index contributed by atoms with van der Waals surface area (Å²) in [4.78, 5) is 26.0. The van der Waals surface area contributed by atoms with Crippen molar-refractivity contribution >= 4 is 26.3 Å². The Morgan fingerprint density at radius 1 is 1.16 bits per heavy atom. The minimum Gasteiger partial charge on any atom is -0.335 e. The first-order chi connectivity index (χ1) is 15.4. The smallest absolute Gasteiger partial charge is 0.275 e. The highest BCUT2D eigenvalue weighted by atomic mass is 32.2. The molecule has 10 nitrogen and oxygen atoms in total. The number of aromatic nitrogens is 5. The number of piperazine rings is 1. The van der Waals surface area contributed by atoms with Gasteiger partial charge in [0, 0.05) is 44.4 Å². The van der Waals surface area contributed by atoms with Crippen molar-refractivity contribution in [3.63, 3.8) is 0 Å². The number of rotatable bonds is 5. The van der Waals surface area contributed by atoms with Crippen LogP contribution in [-0.4, -0.2) is 68.4 Å².